The Morgan fingerprint density at radius 2 is 2.38 bits per heavy atom. The van der Waals surface area contributed by atoms with Crippen molar-refractivity contribution in [1.82, 2.24) is 5.32 Å². The van der Waals surface area contributed by atoms with Gasteiger partial charge in [0.1, 0.15) is 12.4 Å². The predicted molar refractivity (Wildman–Crippen MR) is 63.9 cm³/mol. The van der Waals surface area contributed by atoms with Crippen LogP contribution in [0.1, 0.15) is 24.3 Å². The maximum absolute atomic E-state index is 8.71. The highest BCUT2D eigenvalue weighted by molar-refractivity contribution is 5.31. The van der Waals surface area contributed by atoms with Crippen LogP contribution >= 0.6 is 0 Å². The van der Waals surface area contributed by atoms with Crippen molar-refractivity contribution in [1.29, 1.82) is 0 Å². The van der Waals surface area contributed by atoms with Gasteiger partial charge in [-0.3, -0.25) is 0 Å². The van der Waals surface area contributed by atoms with Gasteiger partial charge in [0.15, 0.2) is 0 Å². The standard InChI is InChI=1S/C13H19NO2/c15-7-8-16-13-5-1-3-11(9-13)12-4-2-6-14-10-12/h1,3,5,9,12,14-15H,2,4,6-8,10H2. The Balaban J connectivity index is 2.02. The van der Waals surface area contributed by atoms with Crippen molar-refractivity contribution in [2.45, 2.75) is 18.8 Å². The third kappa shape index (κ3) is 2.97. The van der Waals surface area contributed by atoms with Gasteiger partial charge in [-0.1, -0.05) is 12.1 Å². The molecule has 16 heavy (non-hydrogen) atoms. The van der Waals surface area contributed by atoms with Crippen LogP contribution in [0.2, 0.25) is 0 Å². The number of nitrogens with one attached hydrogen (secondary N) is 1. The van der Waals surface area contributed by atoms with Gasteiger partial charge in [-0.05, 0) is 43.0 Å². The van der Waals surface area contributed by atoms with Crippen LogP contribution in [0.3, 0.4) is 0 Å². The van der Waals surface area contributed by atoms with E-state index in [2.05, 4.69) is 17.4 Å². The molecule has 0 bridgehead atoms. The van der Waals surface area contributed by atoms with Crippen molar-refractivity contribution >= 4 is 0 Å². The first-order valence-electron chi connectivity index (χ1n) is 5.94. The van der Waals surface area contributed by atoms with Crippen LogP contribution in [0, 0.1) is 0 Å². The fraction of sp³-hybridized carbons (Fsp3) is 0.538. The Morgan fingerprint density at radius 3 is 3.12 bits per heavy atom. The molecule has 1 fully saturated rings. The average Bonchev–Trinajstić information content (AvgIpc) is 2.38. The van der Waals surface area contributed by atoms with Crippen LogP contribution in [0.5, 0.6) is 5.75 Å². The molecule has 1 atom stereocenters. The first-order valence-corrected chi connectivity index (χ1v) is 5.94. The SMILES string of the molecule is OCCOc1cccc(C2CCCNC2)c1. The number of ether oxygens (including phenoxy) is 1. The second kappa shape index (κ2) is 5.87. The Kier molecular flexibility index (Phi) is 4.19. The fourth-order valence-corrected chi connectivity index (χ4v) is 2.16. The number of piperidine rings is 1. The second-order valence-corrected chi connectivity index (χ2v) is 4.19. The minimum absolute atomic E-state index is 0.0647. The van der Waals surface area contributed by atoms with Crippen molar-refractivity contribution < 1.29 is 9.84 Å². The van der Waals surface area contributed by atoms with Gasteiger partial charge in [0.25, 0.3) is 0 Å². The first-order chi connectivity index (χ1) is 7.90. The van der Waals surface area contributed by atoms with Gasteiger partial charge in [-0.25, -0.2) is 0 Å². The summed E-state index contributed by atoms with van der Waals surface area (Å²) in [6.45, 7) is 2.63. The highest BCUT2D eigenvalue weighted by Gasteiger charge is 2.15. The summed E-state index contributed by atoms with van der Waals surface area (Å²) in [6.07, 6.45) is 2.49. The molecule has 1 saturated heterocycles. The molecule has 0 saturated carbocycles. The summed E-state index contributed by atoms with van der Waals surface area (Å²) in [4.78, 5) is 0. The molecule has 1 unspecified atom stereocenters. The topological polar surface area (TPSA) is 41.5 Å². The summed E-state index contributed by atoms with van der Waals surface area (Å²) in [5.74, 6) is 1.46. The van der Waals surface area contributed by atoms with Crippen LogP contribution < -0.4 is 10.1 Å². The summed E-state index contributed by atoms with van der Waals surface area (Å²) in [7, 11) is 0. The molecule has 0 spiro atoms. The van der Waals surface area contributed by atoms with Gasteiger partial charge in [-0.15, -0.1) is 0 Å². The summed E-state index contributed by atoms with van der Waals surface area (Å²) >= 11 is 0. The van der Waals surface area contributed by atoms with E-state index in [-0.39, 0.29) is 6.61 Å². The number of aliphatic hydroxyl groups excluding tert-OH is 1. The van der Waals surface area contributed by atoms with Gasteiger partial charge in [-0.2, -0.15) is 0 Å². The van der Waals surface area contributed by atoms with E-state index >= 15 is 0 Å². The van der Waals surface area contributed by atoms with Gasteiger partial charge in [0.2, 0.25) is 0 Å². The fourth-order valence-electron chi connectivity index (χ4n) is 2.16. The van der Waals surface area contributed by atoms with E-state index in [1.807, 2.05) is 12.1 Å². The second-order valence-electron chi connectivity index (χ2n) is 4.19. The van der Waals surface area contributed by atoms with E-state index in [0.29, 0.717) is 12.5 Å². The number of hydrogen-bond acceptors (Lipinski definition) is 3. The predicted octanol–water partition coefficient (Wildman–Crippen LogP) is 1.52. The highest BCUT2D eigenvalue weighted by Crippen LogP contribution is 2.26. The van der Waals surface area contributed by atoms with Crippen LogP contribution in [-0.4, -0.2) is 31.4 Å². The molecule has 1 aliphatic rings. The number of hydrogen-bond donors (Lipinski definition) is 2. The van der Waals surface area contributed by atoms with Crippen molar-refractivity contribution in [2.75, 3.05) is 26.3 Å². The lowest BCUT2D eigenvalue weighted by Crippen LogP contribution is -2.28. The zero-order valence-corrected chi connectivity index (χ0v) is 9.48. The van der Waals surface area contributed by atoms with Crippen molar-refractivity contribution in [3.05, 3.63) is 29.8 Å². The molecule has 1 heterocycles. The monoisotopic (exact) mass is 221 g/mol. The van der Waals surface area contributed by atoms with E-state index in [0.717, 1.165) is 18.8 Å². The summed E-state index contributed by atoms with van der Waals surface area (Å²) in [6, 6.07) is 8.21. The normalized spacial score (nSPS) is 20.7. The third-order valence-corrected chi connectivity index (χ3v) is 2.99. The summed E-state index contributed by atoms with van der Waals surface area (Å²) in [5.41, 5.74) is 1.34. The molecule has 1 aromatic rings. The van der Waals surface area contributed by atoms with Crippen LogP contribution in [0.15, 0.2) is 24.3 Å². The van der Waals surface area contributed by atoms with Crippen molar-refractivity contribution in [3.8, 4) is 5.75 Å². The van der Waals surface area contributed by atoms with Crippen molar-refractivity contribution in [3.63, 3.8) is 0 Å². The molecule has 2 rings (SSSR count). The molecule has 0 amide bonds. The Hall–Kier alpha value is -1.06. The lowest BCUT2D eigenvalue weighted by atomic mass is 9.92. The molecule has 3 nitrogen and oxygen atoms in total. The smallest absolute Gasteiger partial charge is 0.119 e. The van der Waals surface area contributed by atoms with E-state index in [1.165, 1.54) is 18.4 Å². The Labute approximate surface area is 96.4 Å². The molecule has 0 aliphatic carbocycles. The largest absolute Gasteiger partial charge is 0.491 e. The first kappa shape index (κ1) is 11.4. The maximum Gasteiger partial charge on any atom is 0.119 e. The third-order valence-electron chi connectivity index (χ3n) is 2.99. The van der Waals surface area contributed by atoms with Gasteiger partial charge in [0.05, 0.1) is 6.61 Å². The van der Waals surface area contributed by atoms with Gasteiger partial charge < -0.3 is 15.2 Å². The van der Waals surface area contributed by atoms with E-state index in [9.17, 15) is 0 Å². The Morgan fingerprint density at radius 1 is 1.44 bits per heavy atom. The average molecular weight is 221 g/mol. The zero-order chi connectivity index (χ0) is 11.2. The highest BCUT2D eigenvalue weighted by atomic mass is 16.5. The lowest BCUT2D eigenvalue weighted by molar-refractivity contribution is 0.201. The number of benzene rings is 1. The molecule has 0 aromatic heterocycles. The molecule has 1 aliphatic heterocycles. The zero-order valence-electron chi connectivity index (χ0n) is 9.48. The van der Waals surface area contributed by atoms with Crippen molar-refractivity contribution in [2.24, 2.45) is 0 Å². The molecule has 1 aromatic carbocycles. The Bertz CT molecular complexity index is 321. The summed E-state index contributed by atoms with van der Waals surface area (Å²) < 4.78 is 5.42. The number of aliphatic hydroxyl groups is 1. The molecular weight excluding hydrogens is 202 g/mol. The van der Waals surface area contributed by atoms with E-state index < -0.39 is 0 Å². The minimum Gasteiger partial charge on any atom is -0.491 e. The van der Waals surface area contributed by atoms with Gasteiger partial charge >= 0.3 is 0 Å². The molecule has 2 N–H and O–H groups in total. The van der Waals surface area contributed by atoms with Crippen LogP contribution in [0.4, 0.5) is 0 Å². The quantitative estimate of drug-likeness (QED) is 0.810. The number of rotatable bonds is 4. The van der Waals surface area contributed by atoms with E-state index in [4.69, 9.17) is 9.84 Å². The molecular formula is C13H19NO2. The molecule has 0 radical (unpaired) electrons. The molecule has 3 heteroatoms. The van der Waals surface area contributed by atoms with E-state index in [1.54, 1.807) is 0 Å². The van der Waals surface area contributed by atoms with Crippen LogP contribution in [-0.2, 0) is 0 Å². The minimum atomic E-state index is 0.0647. The lowest BCUT2D eigenvalue weighted by Gasteiger charge is -2.23. The summed E-state index contributed by atoms with van der Waals surface area (Å²) in [5, 5.41) is 12.1. The van der Waals surface area contributed by atoms with Crippen LogP contribution in [0.25, 0.3) is 0 Å². The maximum atomic E-state index is 8.71. The molecule has 88 valence electrons. The van der Waals surface area contributed by atoms with Gasteiger partial charge in [0, 0.05) is 6.54 Å².